The van der Waals surface area contributed by atoms with E-state index in [-0.39, 0.29) is 11.7 Å². The Bertz CT molecular complexity index is 930. The van der Waals surface area contributed by atoms with Crippen molar-refractivity contribution in [3.05, 3.63) is 57.6 Å². The predicted octanol–water partition coefficient (Wildman–Crippen LogP) is 4.37. The van der Waals surface area contributed by atoms with Crippen LogP contribution in [0, 0.1) is 0 Å². The van der Waals surface area contributed by atoms with E-state index in [0.29, 0.717) is 16.4 Å². The minimum absolute atomic E-state index is 0.0733. The molecule has 0 fully saturated rings. The third-order valence-electron chi connectivity index (χ3n) is 3.49. The van der Waals surface area contributed by atoms with Gasteiger partial charge in [-0.05, 0) is 25.1 Å². The molecule has 7 heteroatoms. The van der Waals surface area contributed by atoms with Gasteiger partial charge in [0.25, 0.3) is 5.91 Å². The minimum Gasteiger partial charge on any atom is -0.346 e. The van der Waals surface area contributed by atoms with E-state index in [1.165, 1.54) is 18.3 Å². The number of benzene rings is 1. The van der Waals surface area contributed by atoms with Crippen molar-refractivity contribution < 1.29 is 9.59 Å². The number of amides is 1. The molecule has 0 atom stereocenters. The molecule has 5 nitrogen and oxygen atoms in total. The van der Waals surface area contributed by atoms with Crippen LogP contribution in [0.1, 0.15) is 27.8 Å². The van der Waals surface area contributed by atoms with Crippen LogP contribution in [0.3, 0.4) is 0 Å². The number of carbonyl (C=O) groups is 2. The minimum atomic E-state index is -0.292. The van der Waals surface area contributed by atoms with Gasteiger partial charge in [0.1, 0.15) is 5.69 Å². The van der Waals surface area contributed by atoms with Gasteiger partial charge in [-0.25, -0.2) is 4.98 Å². The second kappa shape index (κ2) is 6.70. The van der Waals surface area contributed by atoms with Crippen molar-refractivity contribution in [2.45, 2.75) is 6.92 Å². The molecule has 1 amide bonds. The molecule has 0 radical (unpaired) electrons. The average molecular weight is 404 g/mol. The molecule has 0 bridgehead atoms. The average Bonchev–Trinajstić information content (AvgIpc) is 3.14. The van der Waals surface area contributed by atoms with Gasteiger partial charge < -0.3 is 4.57 Å². The number of aryl methyl sites for hydroxylation is 1. The van der Waals surface area contributed by atoms with Crippen molar-refractivity contribution in [1.82, 2.24) is 9.55 Å². The summed E-state index contributed by atoms with van der Waals surface area (Å²) in [6.45, 7) is 1.47. The fraction of sp³-hybridized carbons (Fsp3) is 0.118. The summed E-state index contributed by atoms with van der Waals surface area (Å²) >= 11 is 4.79. The number of ketones is 1. The first-order valence-corrected chi connectivity index (χ1v) is 8.81. The Labute approximate surface area is 151 Å². The maximum atomic E-state index is 12.4. The molecule has 0 saturated carbocycles. The highest BCUT2D eigenvalue weighted by molar-refractivity contribution is 9.10. The standard InChI is InChI=1S/C17H14BrN3O2S/c1-10(22)12-7-15(21(2)8-12)16(23)20-17-19-14(9-24-17)11-4-3-5-13(18)6-11/h3-9H,1-2H3,(H,19,20,23). The lowest BCUT2D eigenvalue weighted by atomic mass is 10.2. The van der Waals surface area contributed by atoms with Crippen LogP contribution in [-0.2, 0) is 7.05 Å². The van der Waals surface area contributed by atoms with Crippen LogP contribution in [0.4, 0.5) is 5.13 Å². The van der Waals surface area contributed by atoms with E-state index in [2.05, 4.69) is 26.2 Å². The molecule has 0 saturated heterocycles. The van der Waals surface area contributed by atoms with Crippen LogP contribution >= 0.6 is 27.3 Å². The molecule has 1 N–H and O–H groups in total. The Kier molecular flexibility index (Phi) is 4.64. The van der Waals surface area contributed by atoms with Crippen LogP contribution < -0.4 is 5.32 Å². The monoisotopic (exact) mass is 403 g/mol. The lowest BCUT2D eigenvalue weighted by molar-refractivity contribution is 0.101. The lowest BCUT2D eigenvalue weighted by Crippen LogP contribution is -2.15. The zero-order chi connectivity index (χ0) is 17.3. The summed E-state index contributed by atoms with van der Waals surface area (Å²) in [6, 6.07) is 9.39. The Morgan fingerprint density at radius 2 is 2.08 bits per heavy atom. The number of nitrogens with one attached hydrogen (secondary N) is 1. The van der Waals surface area contributed by atoms with E-state index >= 15 is 0 Å². The van der Waals surface area contributed by atoms with Crippen molar-refractivity contribution in [2.24, 2.45) is 7.05 Å². The number of halogens is 1. The number of Topliss-reactive ketones (excluding diaryl/α,β-unsaturated/α-hetero) is 1. The third kappa shape index (κ3) is 3.47. The van der Waals surface area contributed by atoms with Crippen LogP contribution in [0.15, 0.2) is 46.4 Å². The molecule has 24 heavy (non-hydrogen) atoms. The Morgan fingerprint density at radius 1 is 1.29 bits per heavy atom. The van der Waals surface area contributed by atoms with E-state index in [0.717, 1.165) is 15.7 Å². The van der Waals surface area contributed by atoms with Crippen molar-refractivity contribution in [3.63, 3.8) is 0 Å². The van der Waals surface area contributed by atoms with Gasteiger partial charge in [0, 0.05) is 34.2 Å². The zero-order valence-electron chi connectivity index (χ0n) is 13.0. The topological polar surface area (TPSA) is 64.0 Å². The van der Waals surface area contributed by atoms with Crippen molar-refractivity contribution >= 4 is 44.1 Å². The van der Waals surface area contributed by atoms with Gasteiger partial charge in [0.05, 0.1) is 5.69 Å². The molecule has 122 valence electrons. The number of anilines is 1. The lowest BCUT2D eigenvalue weighted by Gasteiger charge is -2.02. The first-order chi connectivity index (χ1) is 11.4. The van der Waals surface area contributed by atoms with E-state index in [1.807, 2.05) is 29.6 Å². The summed E-state index contributed by atoms with van der Waals surface area (Å²) in [7, 11) is 1.73. The van der Waals surface area contributed by atoms with Crippen LogP contribution in [0.25, 0.3) is 11.3 Å². The first kappa shape index (κ1) is 16.6. The van der Waals surface area contributed by atoms with Gasteiger partial charge >= 0.3 is 0 Å². The summed E-state index contributed by atoms with van der Waals surface area (Å²) in [6.07, 6.45) is 1.64. The molecular weight excluding hydrogens is 390 g/mol. The van der Waals surface area contributed by atoms with Crippen molar-refractivity contribution in [2.75, 3.05) is 5.32 Å². The quantitative estimate of drug-likeness (QED) is 0.657. The van der Waals surface area contributed by atoms with Crippen LogP contribution in [0.2, 0.25) is 0 Å². The number of carbonyl (C=O) groups excluding carboxylic acids is 2. The molecule has 0 aliphatic heterocycles. The molecule has 2 heterocycles. The molecular formula is C17H14BrN3O2S. The Balaban J connectivity index is 1.80. The predicted molar refractivity (Wildman–Crippen MR) is 98.6 cm³/mol. The second-order valence-electron chi connectivity index (χ2n) is 5.28. The maximum absolute atomic E-state index is 12.4. The second-order valence-corrected chi connectivity index (χ2v) is 7.06. The third-order valence-corrected chi connectivity index (χ3v) is 4.74. The van der Waals surface area contributed by atoms with E-state index < -0.39 is 0 Å². The van der Waals surface area contributed by atoms with E-state index in [9.17, 15) is 9.59 Å². The zero-order valence-corrected chi connectivity index (χ0v) is 15.4. The van der Waals surface area contributed by atoms with Gasteiger partial charge in [-0.15, -0.1) is 11.3 Å². The number of hydrogen-bond acceptors (Lipinski definition) is 4. The van der Waals surface area contributed by atoms with Crippen molar-refractivity contribution in [3.8, 4) is 11.3 Å². The van der Waals surface area contributed by atoms with E-state index in [4.69, 9.17) is 0 Å². The highest BCUT2D eigenvalue weighted by Gasteiger charge is 2.15. The Hall–Kier alpha value is -2.25. The number of nitrogens with zero attached hydrogens (tertiary/aromatic N) is 2. The first-order valence-electron chi connectivity index (χ1n) is 7.14. The largest absolute Gasteiger partial charge is 0.346 e. The molecule has 1 aromatic carbocycles. The van der Waals surface area contributed by atoms with Crippen molar-refractivity contribution in [1.29, 1.82) is 0 Å². The highest BCUT2D eigenvalue weighted by atomic mass is 79.9. The van der Waals surface area contributed by atoms with Crippen LogP contribution in [-0.4, -0.2) is 21.2 Å². The fourth-order valence-electron chi connectivity index (χ4n) is 2.26. The van der Waals surface area contributed by atoms with Gasteiger partial charge in [-0.2, -0.15) is 0 Å². The highest BCUT2D eigenvalue weighted by Crippen LogP contribution is 2.27. The van der Waals surface area contributed by atoms with Gasteiger partial charge in [0.15, 0.2) is 10.9 Å². The Morgan fingerprint density at radius 3 is 2.75 bits per heavy atom. The molecule has 3 aromatic rings. The van der Waals surface area contributed by atoms with Gasteiger partial charge in [-0.1, -0.05) is 28.1 Å². The number of thiazole rings is 1. The van der Waals surface area contributed by atoms with Gasteiger partial charge in [-0.3, -0.25) is 14.9 Å². The summed E-state index contributed by atoms with van der Waals surface area (Å²) in [5.41, 5.74) is 2.70. The van der Waals surface area contributed by atoms with Crippen LogP contribution in [0.5, 0.6) is 0 Å². The smallest absolute Gasteiger partial charge is 0.274 e. The molecule has 0 aliphatic carbocycles. The number of hydrogen-bond donors (Lipinski definition) is 1. The molecule has 0 spiro atoms. The normalized spacial score (nSPS) is 10.6. The molecule has 0 unspecified atom stereocenters. The number of rotatable bonds is 4. The van der Waals surface area contributed by atoms with E-state index in [1.54, 1.807) is 23.9 Å². The van der Waals surface area contributed by atoms with Gasteiger partial charge in [0.2, 0.25) is 0 Å². The maximum Gasteiger partial charge on any atom is 0.274 e. The SMILES string of the molecule is CC(=O)c1cc(C(=O)Nc2nc(-c3cccc(Br)c3)cs2)n(C)c1. The molecule has 3 rings (SSSR count). The number of aromatic nitrogens is 2. The fourth-order valence-corrected chi connectivity index (χ4v) is 3.37. The summed E-state index contributed by atoms with van der Waals surface area (Å²) in [4.78, 5) is 28.3. The molecule has 0 aliphatic rings. The summed E-state index contributed by atoms with van der Waals surface area (Å²) in [5, 5.41) is 5.19. The summed E-state index contributed by atoms with van der Waals surface area (Å²) < 4.78 is 2.61. The summed E-state index contributed by atoms with van der Waals surface area (Å²) in [5.74, 6) is -0.365. The molecule has 2 aromatic heterocycles.